The van der Waals surface area contributed by atoms with Gasteiger partial charge >= 0.3 is 0 Å². The molecule has 1 aliphatic carbocycles. The van der Waals surface area contributed by atoms with Crippen LogP contribution in [0.3, 0.4) is 0 Å². The van der Waals surface area contributed by atoms with Crippen LogP contribution in [0.5, 0.6) is 5.75 Å². The van der Waals surface area contributed by atoms with E-state index in [0.717, 1.165) is 24.2 Å². The van der Waals surface area contributed by atoms with Crippen molar-refractivity contribution in [1.82, 2.24) is 0 Å². The number of aryl methyl sites for hydroxylation is 1. The molecule has 0 aromatic heterocycles. The number of hydrogen-bond acceptors (Lipinski definition) is 2. The van der Waals surface area contributed by atoms with Crippen LogP contribution in [0.2, 0.25) is 5.02 Å². The Morgan fingerprint density at radius 3 is 2.74 bits per heavy atom. The Morgan fingerprint density at radius 2 is 2.05 bits per heavy atom. The topological polar surface area (TPSA) is 26.3 Å². The zero-order chi connectivity index (χ0) is 13.7. The number of hydrogen-bond donors (Lipinski definition) is 0. The van der Waals surface area contributed by atoms with Gasteiger partial charge in [-0.15, -0.1) is 0 Å². The molecule has 2 nitrogen and oxygen atoms in total. The number of benzene rings is 1. The van der Waals surface area contributed by atoms with Crippen molar-refractivity contribution >= 4 is 17.4 Å². The van der Waals surface area contributed by atoms with Crippen LogP contribution in [-0.4, -0.2) is 12.4 Å². The average molecular weight is 281 g/mol. The van der Waals surface area contributed by atoms with Crippen LogP contribution in [0.1, 0.15) is 44.1 Å². The summed E-state index contributed by atoms with van der Waals surface area (Å²) in [6.07, 6.45) is 6.34. The zero-order valence-corrected chi connectivity index (χ0v) is 12.2. The molecule has 3 heteroatoms. The second-order valence-corrected chi connectivity index (χ2v) is 5.75. The fraction of sp³-hybridized carbons (Fsp3) is 0.562. The fourth-order valence-corrected chi connectivity index (χ4v) is 2.89. The molecule has 1 saturated carbocycles. The molecule has 0 radical (unpaired) electrons. The summed E-state index contributed by atoms with van der Waals surface area (Å²) >= 11 is 5.89. The van der Waals surface area contributed by atoms with Crippen LogP contribution in [0.15, 0.2) is 18.2 Å². The molecule has 0 aliphatic heterocycles. The van der Waals surface area contributed by atoms with E-state index in [1.54, 1.807) is 0 Å². The first-order valence-corrected chi connectivity index (χ1v) is 7.46. The van der Waals surface area contributed by atoms with E-state index in [9.17, 15) is 4.79 Å². The van der Waals surface area contributed by atoms with Crippen molar-refractivity contribution in [1.29, 1.82) is 0 Å². The highest BCUT2D eigenvalue weighted by Gasteiger charge is 2.20. The summed E-state index contributed by atoms with van der Waals surface area (Å²) in [4.78, 5) is 12.0. The maximum absolute atomic E-state index is 12.0. The minimum Gasteiger partial charge on any atom is -0.493 e. The van der Waals surface area contributed by atoms with E-state index in [2.05, 4.69) is 0 Å². The van der Waals surface area contributed by atoms with E-state index in [0.29, 0.717) is 23.8 Å². The first kappa shape index (κ1) is 14.4. The lowest BCUT2D eigenvalue weighted by Crippen LogP contribution is -2.19. The second kappa shape index (κ2) is 6.95. The third kappa shape index (κ3) is 4.24. The quantitative estimate of drug-likeness (QED) is 0.790. The normalized spacial score (nSPS) is 16.3. The van der Waals surface area contributed by atoms with E-state index in [1.165, 1.54) is 19.3 Å². The minimum absolute atomic E-state index is 0.281. The van der Waals surface area contributed by atoms with E-state index in [-0.39, 0.29) is 5.92 Å². The number of Topliss-reactive ketones (excluding diaryl/α,β-unsaturated/α-hetero) is 1. The standard InChI is InChI=1S/C16H21ClO2/c1-12-11-14(17)7-8-16(12)19-10-9-15(18)13-5-3-2-4-6-13/h7-8,11,13H,2-6,9-10H2,1H3. The maximum atomic E-state index is 12.0. The van der Waals surface area contributed by atoms with Gasteiger partial charge in [0.25, 0.3) is 0 Å². The summed E-state index contributed by atoms with van der Waals surface area (Å²) in [5, 5.41) is 0.711. The molecule has 1 aromatic rings. The van der Waals surface area contributed by atoms with Crippen molar-refractivity contribution in [2.75, 3.05) is 6.61 Å². The molecule has 1 aliphatic rings. The molecular weight excluding hydrogens is 260 g/mol. The Morgan fingerprint density at radius 1 is 1.32 bits per heavy atom. The largest absolute Gasteiger partial charge is 0.493 e. The van der Waals surface area contributed by atoms with Crippen molar-refractivity contribution in [2.24, 2.45) is 5.92 Å². The minimum atomic E-state index is 0.281. The van der Waals surface area contributed by atoms with Crippen molar-refractivity contribution < 1.29 is 9.53 Å². The molecule has 0 atom stereocenters. The van der Waals surface area contributed by atoms with E-state index in [4.69, 9.17) is 16.3 Å². The first-order chi connectivity index (χ1) is 9.16. The van der Waals surface area contributed by atoms with E-state index < -0.39 is 0 Å². The number of carbonyl (C=O) groups excluding carboxylic acids is 1. The summed E-state index contributed by atoms with van der Waals surface area (Å²) in [6, 6.07) is 5.55. The lowest BCUT2D eigenvalue weighted by molar-refractivity contribution is -0.124. The van der Waals surface area contributed by atoms with Gasteiger partial charge in [-0.1, -0.05) is 30.9 Å². The molecule has 2 rings (SSSR count). The highest BCUT2D eigenvalue weighted by molar-refractivity contribution is 6.30. The molecule has 1 aromatic carbocycles. The molecule has 0 bridgehead atoms. The molecule has 0 spiro atoms. The number of carbonyl (C=O) groups is 1. The Kier molecular flexibility index (Phi) is 5.26. The number of halogens is 1. The van der Waals surface area contributed by atoms with Crippen LogP contribution in [-0.2, 0) is 4.79 Å². The smallest absolute Gasteiger partial charge is 0.139 e. The SMILES string of the molecule is Cc1cc(Cl)ccc1OCCC(=O)C1CCCCC1. The van der Waals surface area contributed by atoms with Gasteiger partial charge < -0.3 is 4.74 Å². The van der Waals surface area contributed by atoms with Crippen LogP contribution in [0.25, 0.3) is 0 Å². The van der Waals surface area contributed by atoms with Crippen molar-refractivity contribution in [3.05, 3.63) is 28.8 Å². The second-order valence-electron chi connectivity index (χ2n) is 5.31. The van der Waals surface area contributed by atoms with E-state index in [1.807, 2.05) is 25.1 Å². The molecule has 0 unspecified atom stereocenters. The Balaban J connectivity index is 1.78. The highest BCUT2D eigenvalue weighted by Crippen LogP contribution is 2.26. The Labute approximate surface area is 120 Å². The average Bonchev–Trinajstić information content (AvgIpc) is 2.42. The maximum Gasteiger partial charge on any atom is 0.139 e. The van der Waals surface area contributed by atoms with Crippen molar-refractivity contribution in [3.8, 4) is 5.75 Å². The van der Waals surface area contributed by atoms with Gasteiger partial charge in [0.1, 0.15) is 11.5 Å². The lowest BCUT2D eigenvalue weighted by Gasteiger charge is -2.20. The molecule has 0 heterocycles. The third-order valence-electron chi connectivity index (χ3n) is 3.80. The van der Waals surface area contributed by atoms with Crippen LogP contribution >= 0.6 is 11.6 Å². The molecule has 0 N–H and O–H groups in total. The Hall–Kier alpha value is -1.02. The van der Waals surface area contributed by atoms with E-state index >= 15 is 0 Å². The summed E-state index contributed by atoms with van der Waals surface area (Å²) in [5.41, 5.74) is 1.01. The third-order valence-corrected chi connectivity index (χ3v) is 4.04. The van der Waals surface area contributed by atoms with Gasteiger partial charge in [-0.25, -0.2) is 0 Å². The predicted octanol–water partition coefficient (Wildman–Crippen LogP) is 4.57. The number of ether oxygens (including phenoxy) is 1. The Bertz CT molecular complexity index is 436. The van der Waals surface area contributed by atoms with Crippen molar-refractivity contribution in [3.63, 3.8) is 0 Å². The van der Waals surface area contributed by atoms with Crippen LogP contribution < -0.4 is 4.74 Å². The summed E-state index contributed by atoms with van der Waals surface area (Å²) in [5.74, 6) is 1.47. The summed E-state index contributed by atoms with van der Waals surface area (Å²) in [6.45, 7) is 2.43. The molecular formula is C16H21ClO2. The lowest BCUT2D eigenvalue weighted by atomic mass is 9.85. The summed E-state index contributed by atoms with van der Waals surface area (Å²) < 4.78 is 5.67. The van der Waals surface area contributed by atoms with Crippen LogP contribution in [0, 0.1) is 12.8 Å². The summed E-state index contributed by atoms with van der Waals surface area (Å²) in [7, 11) is 0. The molecule has 0 amide bonds. The monoisotopic (exact) mass is 280 g/mol. The molecule has 104 valence electrons. The van der Waals surface area contributed by atoms with Gasteiger partial charge in [0.2, 0.25) is 0 Å². The molecule has 0 saturated heterocycles. The zero-order valence-electron chi connectivity index (χ0n) is 11.5. The number of ketones is 1. The van der Waals surface area contributed by atoms with Gasteiger partial charge in [0.05, 0.1) is 6.61 Å². The van der Waals surface area contributed by atoms with Gasteiger partial charge in [-0.2, -0.15) is 0 Å². The molecule has 1 fully saturated rings. The number of rotatable bonds is 5. The van der Waals surface area contributed by atoms with Gasteiger partial charge in [0, 0.05) is 17.4 Å². The van der Waals surface area contributed by atoms with Crippen LogP contribution in [0.4, 0.5) is 0 Å². The first-order valence-electron chi connectivity index (χ1n) is 7.08. The molecule has 19 heavy (non-hydrogen) atoms. The van der Waals surface area contributed by atoms with Gasteiger partial charge in [0.15, 0.2) is 0 Å². The van der Waals surface area contributed by atoms with Gasteiger partial charge in [-0.3, -0.25) is 4.79 Å². The van der Waals surface area contributed by atoms with Crippen molar-refractivity contribution in [2.45, 2.75) is 45.4 Å². The fourth-order valence-electron chi connectivity index (χ4n) is 2.67. The van der Waals surface area contributed by atoms with Gasteiger partial charge in [-0.05, 0) is 43.5 Å². The highest BCUT2D eigenvalue weighted by atomic mass is 35.5. The predicted molar refractivity (Wildman–Crippen MR) is 77.9 cm³/mol.